The van der Waals surface area contributed by atoms with Crippen LogP contribution in [-0.2, 0) is 9.53 Å². The van der Waals surface area contributed by atoms with Crippen LogP contribution < -0.4 is 5.32 Å². The Labute approximate surface area is 88.8 Å². The highest BCUT2D eigenvalue weighted by Gasteiger charge is 2.26. The summed E-state index contributed by atoms with van der Waals surface area (Å²) in [4.78, 5) is 23.5. The summed E-state index contributed by atoms with van der Waals surface area (Å²) in [5.41, 5.74) is 0. The van der Waals surface area contributed by atoms with Crippen molar-refractivity contribution in [1.82, 2.24) is 10.2 Å². The standard InChI is InChI=1S/C10H16N2O3/c13-9-7-12(10(14)11-9)5-6-15-8-3-1-2-4-8/h8H,1-7H2,(H,11,13,14). The molecule has 0 bridgehead atoms. The van der Waals surface area contributed by atoms with Crippen molar-refractivity contribution in [3.05, 3.63) is 0 Å². The number of imide groups is 1. The molecule has 84 valence electrons. The molecule has 2 fully saturated rings. The van der Waals surface area contributed by atoms with Crippen molar-refractivity contribution in [2.75, 3.05) is 19.7 Å². The van der Waals surface area contributed by atoms with Gasteiger partial charge in [-0.3, -0.25) is 10.1 Å². The van der Waals surface area contributed by atoms with Gasteiger partial charge in [-0.25, -0.2) is 4.79 Å². The third-order valence-electron chi connectivity index (χ3n) is 2.88. The van der Waals surface area contributed by atoms with Gasteiger partial charge >= 0.3 is 6.03 Å². The molecule has 3 amide bonds. The lowest BCUT2D eigenvalue weighted by molar-refractivity contribution is -0.118. The molecule has 1 aliphatic heterocycles. The SMILES string of the molecule is O=C1CN(CCOC2CCCC2)C(=O)N1. The van der Waals surface area contributed by atoms with Gasteiger partial charge in [-0.15, -0.1) is 0 Å². The summed E-state index contributed by atoms with van der Waals surface area (Å²) in [7, 11) is 0. The quantitative estimate of drug-likeness (QED) is 0.690. The minimum absolute atomic E-state index is 0.173. The maximum Gasteiger partial charge on any atom is 0.324 e. The van der Waals surface area contributed by atoms with E-state index < -0.39 is 0 Å². The second kappa shape index (κ2) is 4.61. The molecule has 5 nitrogen and oxygen atoms in total. The van der Waals surface area contributed by atoms with E-state index in [-0.39, 0.29) is 18.5 Å². The molecule has 0 aromatic carbocycles. The van der Waals surface area contributed by atoms with Gasteiger partial charge in [-0.1, -0.05) is 12.8 Å². The Hall–Kier alpha value is -1.10. The predicted octanol–water partition coefficient (Wildman–Crippen LogP) is 0.497. The first-order chi connectivity index (χ1) is 7.25. The Morgan fingerprint density at radius 3 is 2.67 bits per heavy atom. The molecule has 2 rings (SSSR count). The molecule has 1 saturated heterocycles. The molecule has 0 unspecified atom stereocenters. The number of carbonyl (C=O) groups is 2. The fourth-order valence-corrected chi connectivity index (χ4v) is 2.05. The zero-order chi connectivity index (χ0) is 10.7. The largest absolute Gasteiger partial charge is 0.376 e. The fraction of sp³-hybridized carbons (Fsp3) is 0.800. The van der Waals surface area contributed by atoms with E-state index in [2.05, 4.69) is 5.32 Å². The van der Waals surface area contributed by atoms with E-state index in [0.29, 0.717) is 19.3 Å². The van der Waals surface area contributed by atoms with Crippen molar-refractivity contribution in [3.63, 3.8) is 0 Å². The van der Waals surface area contributed by atoms with Crippen LogP contribution in [0, 0.1) is 0 Å². The van der Waals surface area contributed by atoms with Gasteiger partial charge in [0, 0.05) is 6.54 Å². The van der Waals surface area contributed by atoms with Crippen LogP contribution in [0.2, 0.25) is 0 Å². The highest BCUT2D eigenvalue weighted by molar-refractivity contribution is 6.01. The Morgan fingerprint density at radius 2 is 2.07 bits per heavy atom. The number of nitrogens with zero attached hydrogens (tertiary/aromatic N) is 1. The molecular formula is C10H16N2O3. The van der Waals surface area contributed by atoms with Gasteiger partial charge in [0.1, 0.15) is 6.54 Å². The summed E-state index contributed by atoms with van der Waals surface area (Å²) < 4.78 is 5.62. The molecule has 0 radical (unpaired) electrons. The van der Waals surface area contributed by atoms with Crippen LogP contribution in [0.1, 0.15) is 25.7 Å². The first-order valence-corrected chi connectivity index (χ1v) is 5.46. The van der Waals surface area contributed by atoms with Crippen LogP contribution in [-0.4, -0.2) is 42.6 Å². The zero-order valence-corrected chi connectivity index (χ0v) is 8.70. The molecule has 1 saturated carbocycles. The summed E-state index contributed by atoms with van der Waals surface area (Å²) in [6.45, 7) is 1.21. The average molecular weight is 212 g/mol. The third-order valence-corrected chi connectivity index (χ3v) is 2.88. The first-order valence-electron chi connectivity index (χ1n) is 5.46. The molecule has 15 heavy (non-hydrogen) atoms. The smallest absolute Gasteiger partial charge is 0.324 e. The molecule has 0 atom stereocenters. The number of amides is 3. The normalized spacial score (nSPS) is 22.5. The number of urea groups is 1. The van der Waals surface area contributed by atoms with E-state index >= 15 is 0 Å². The van der Waals surface area contributed by atoms with Gasteiger partial charge in [0.15, 0.2) is 0 Å². The zero-order valence-electron chi connectivity index (χ0n) is 8.70. The van der Waals surface area contributed by atoms with E-state index in [9.17, 15) is 9.59 Å². The summed E-state index contributed by atoms with van der Waals surface area (Å²) >= 11 is 0. The van der Waals surface area contributed by atoms with E-state index in [0.717, 1.165) is 12.8 Å². The highest BCUT2D eigenvalue weighted by atomic mass is 16.5. The Morgan fingerprint density at radius 1 is 1.33 bits per heavy atom. The number of ether oxygens (including phenoxy) is 1. The van der Waals surface area contributed by atoms with E-state index in [4.69, 9.17) is 4.74 Å². The predicted molar refractivity (Wildman–Crippen MR) is 53.3 cm³/mol. The molecule has 0 aromatic rings. The fourth-order valence-electron chi connectivity index (χ4n) is 2.05. The molecule has 0 aromatic heterocycles. The van der Waals surface area contributed by atoms with Crippen molar-refractivity contribution < 1.29 is 14.3 Å². The number of rotatable bonds is 4. The minimum atomic E-state index is -0.296. The Bertz CT molecular complexity index is 261. The van der Waals surface area contributed by atoms with Crippen LogP contribution in [0.25, 0.3) is 0 Å². The van der Waals surface area contributed by atoms with E-state index in [1.54, 1.807) is 0 Å². The lowest BCUT2D eigenvalue weighted by Crippen LogP contribution is -2.32. The molecule has 2 aliphatic rings. The summed E-state index contributed by atoms with van der Waals surface area (Å²) in [5, 5.41) is 2.24. The molecular weight excluding hydrogens is 196 g/mol. The van der Waals surface area contributed by atoms with Gasteiger partial charge in [0.2, 0.25) is 5.91 Å². The number of nitrogens with one attached hydrogen (secondary N) is 1. The molecule has 1 heterocycles. The maximum absolute atomic E-state index is 11.2. The lowest BCUT2D eigenvalue weighted by Gasteiger charge is -2.15. The molecule has 1 N–H and O–H groups in total. The molecule has 1 aliphatic carbocycles. The van der Waals surface area contributed by atoms with Crippen LogP contribution in [0.3, 0.4) is 0 Å². The van der Waals surface area contributed by atoms with E-state index in [1.165, 1.54) is 17.7 Å². The summed E-state index contributed by atoms with van der Waals surface area (Å²) in [6, 6.07) is -0.296. The van der Waals surface area contributed by atoms with E-state index in [1.807, 2.05) is 0 Å². The minimum Gasteiger partial charge on any atom is -0.376 e. The topological polar surface area (TPSA) is 58.6 Å². The van der Waals surface area contributed by atoms with Crippen LogP contribution >= 0.6 is 0 Å². The monoisotopic (exact) mass is 212 g/mol. The van der Waals surface area contributed by atoms with Crippen LogP contribution in [0.5, 0.6) is 0 Å². The number of hydrogen-bond acceptors (Lipinski definition) is 3. The summed E-state index contributed by atoms with van der Waals surface area (Å²) in [6.07, 6.45) is 5.11. The van der Waals surface area contributed by atoms with Crippen molar-refractivity contribution in [2.24, 2.45) is 0 Å². The Kier molecular flexibility index (Phi) is 3.20. The van der Waals surface area contributed by atoms with Gasteiger partial charge in [0.05, 0.1) is 12.7 Å². The lowest BCUT2D eigenvalue weighted by atomic mass is 10.3. The van der Waals surface area contributed by atoms with Gasteiger partial charge < -0.3 is 9.64 Å². The van der Waals surface area contributed by atoms with Gasteiger partial charge in [0.25, 0.3) is 0 Å². The Balaban J connectivity index is 1.65. The van der Waals surface area contributed by atoms with Crippen molar-refractivity contribution in [3.8, 4) is 0 Å². The van der Waals surface area contributed by atoms with Crippen molar-refractivity contribution in [2.45, 2.75) is 31.8 Å². The number of carbonyl (C=O) groups excluding carboxylic acids is 2. The van der Waals surface area contributed by atoms with Crippen LogP contribution in [0.4, 0.5) is 4.79 Å². The third kappa shape index (κ3) is 2.68. The maximum atomic E-state index is 11.2. The summed E-state index contributed by atoms with van der Waals surface area (Å²) in [5.74, 6) is -0.221. The number of hydrogen-bond donors (Lipinski definition) is 1. The second-order valence-electron chi connectivity index (χ2n) is 4.05. The first kappa shape index (κ1) is 10.4. The average Bonchev–Trinajstić information content (AvgIpc) is 2.77. The molecule has 0 spiro atoms. The van der Waals surface area contributed by atoms with Crippen molar-refractivity contribution in [1.29, 1.82) is 0 Å². The highest BCUT2D eigenvalue weighted by Crippen LogP contribution is 2.20. The van der Waals surface area contributed by atoms with Gasteiger partial charge in [-0.05, 0) is 12.8 Å². The van der Waals surface area contributed by atoms with Crippen molar-refractivity contribution >= 4 is 11.9 Å². The van der Waals surface area contributed by atoms with Crippen LogP contribution in [0.15, 0.2) is 0 Å². The van der Waals surface area contributed by atoms with Gasteiger partial charge in [-0.2, -0.15) is 0 Å². The molecule has 5 heteroatoms. The second-order valence-corrected chi connectivity index (χ2v) is 4.05.